The fourth-order valence-electron chi connectivity index (χ4n) is 2.99. The number of aromatic nitrogens is 1. The summed E-state index contributed by atoms with van der Waals surface area (Å²) in [4.78, 5) is 6.85. The Kier molecular flexibility index (Phi) is 5.38. The van der Waals surface area contributed by atoms with E-state index >= 15 is 0 Å². The molecule has 27 heavy (non-hydrogen) atoms. The fourth-order valence-corrected chi connectivity index (χ4v) is 6.40. The Labute approximate surface area is 165 Å². The molecule has 1 saturated heterocycles. The van der Waals surface area contributed by atoms with Crippen LogP contribution in [0, 0.1) is 5.82 Å². The van der Waals surface area contributed by atoms with Gasteiger partial charge in [-0.25, -0.2) is 17.8 Å². The van der Waals surface area contributed by atoms with E-state index < -0.39 is 10.0 Å². The lowest BCUT2D eigenvalue weighted by Gasteiger charge is -2.33. The summed E-state index contributed by atoms with van der Waals surface area (Å²) >= 11 is 2.82. The van der Waals surface area contributed by atoms with E-state index in [2.05, 4.69) is 9.88 Å². The number of halogens is 1. The summed E-state index contributed by atoms with van der Waals surface area (Å²) in [6, 6.07) is 9.72. The molecule has 1 aliphatic rings. The minimum absolute atomic E-state index is 0.260. The van der Waals surface area contributed by atoms with Crippen LogP contribution in [0.15, 0.2) is 51.4 Å². The standard InChI is InChI=1S/C18H18FN3O2S3/c19-15-5-3-14(4-6-15)16-13-26-17(20-16)12-21-7-9-22(10-8-21)27(23,24)18-2-1-11-25-18/h1-6,11,13H,7-10,12H2. The lowest BCUT2D eigenvalue weighted by molar-refractivity contribution is 0.181. The molecule has 3 aromatic rings. The van der Waals surface area contributed by atoms with Gasteiger partial charge in [-0.3, -0.25) is 4.90 Å². The molecule has 0 bridgehead atoms. The van der Waals surface area contributed by atoms with Crippen molar-refractivity contribution in [1.29, 1.82) is 0 Å². The Morgan fingerprint density at radius 3 is 2.44 bits per heavy atom. The normalized spacial score (nSPS) is 16.6. The molecule has 9 heteroatoms. The molecular formula is C18H18FN3O2S3. The van der Waals surface area contributed by atoms with E-state index in [1.165, 1.54) is 23.5 Å². The lowest BCUT2D eigenvalue weighted by Crippen LogP contribution is -2.48. The van der Waals surface area contributed by atoms with Crippen LogP contribution in [0.4, 0.5) is 4.39 Å². The predicted octanol–water partition coefficient (Wildman–Crippen LogP) is 3.52. The molecule has 0 radical (unpaired) electrons. The second-order valence-electron chi connectivity index (χ2n) is 6.25. The van der Waals surface area contributed by atoms with Crippen LogP contribution in [0.1, 0.15) is 5.01 Å². The van der Waals surface area contributed by atoms with Crippen LogP contribution in [0.3, 0.4) is 0 Å². The van der Waals surface area contributed by atoms with Crippen molar-refractivity contribution < 1.29 is 12.8 Å². The van der Waals surface area contributed by atoms with Crippen LogP contribution in [-0.4, -0.2) is 48.8 Å². The highest BCUT2D eigenvalue weighted by Crippen LogP contribution is 2.25. The maximum absolute atomic E-state index is 13.1. The second-order valence-corrected chi connectivity index (χ2v) is 10.3. The molecule has 5 nitrogen and oxygen atoms in total. The molecule has 0 spiro atoms. The highest BCUT2D eigenvalue weighted by atomic mass is 32.2. The molecule has 0 unspecified atom stereocenters. The van der Waals surface area contributed by atoms with Crippen molar-refractivity contribution in [2.45, 2.75) is 10.8 Å². The molecule has 1 aliphatic heterocycles. The zero-order valence-corrected chi connectivity index (χ0v) is 16.9. The molecule has 1 fully saturated rings. The molecule has 0 aliphatic carbocycles. The van der Waals surface area contributed by atoms with Gasteiger partial charge >= 0.3 is 0 Å². The first-order valence-electron chi connectivity index (χ1n) is 8.49. The van der Waals surface area contributed by atoms with E-state index in [-0.39, 0.29) is 5.82 Å². The van der Waals surface area contributed by atoms with Crippen molar-refractivity contribution in [3.8, 4) is 11.3 Å². The summed E-state index contributed by atoms with van der Waals surface area (Å²) in [6.45, 7) is 3.01. The van der Waals surface area contributed by atoms with Gasteiger partial charge < -0.3 is 0 Å². The van der Waals surface area contributed by atoms with Crippen molar-refractivity contribution in [1.82, 2.24) is 14.2 Å². The first kappa shape index (κ1) is 18.7. The summed E-state index contributed by atoms with van der Waals surface area (Å²) < 4.78 is 40.2. The molecular weight excluding hydrogens is 405 g/mol. The minimum Gasteiger partial charge on any atom is -0.294 e. The number of sulfonamides is 1. The Morgan fingerprint density at radius 1 is 1.04 bits per heavy atom. The van der Waals surface area contributed by atoms with Crippen LogP contribution in [0.5, 0.6) is 0 Å². The van der Waals surface area contributed by atoms with Gasteiger partial charge in [0, 0.05) is 37.1 Å². The summed E-state index contributed by atoms with van der Waals surface area (Å²) in [7, 11) is -3.37. The van der Waals surface area contributed by atoms with Crippen molar-refractivity contribution in [2.75, 3.05) is 26.2 Å². The van der Waals surface area contributed by atoms with Crippen molar-refractivity contribution >= 4 is 32.7 Å². The van der Waals surface area contributed by atoms with Crippen LogP contribution in [0.2, 0.25) is 0 Å². The third kappa shape index (κ3) is 4.12. The summed E-state index contributed by atoms with van der Waals surface area (Å²) in [5, 5.41) is 4.73. The first-order chi connectivity index (χ1) is 13.0. The monoisotopic (exact) mass is 423 g/mol. The van der Waals surface area contributed by atoms with Gasteiger partial charge in [-0.15, -0.1) is 22.7 Å². The van der Waals surface area contributed by atoms with Gasteiger partial charge in [0.2, 0.25) is 0 Å². The molecule has 2 aromatic heterocycles. The molecule has 0 atom stereocenters. The van der Waals surface area contributed by atoms with Gasteiger partial charge in [-0.1, -0.05) is 6.07 Å². The zero-order valence-electron chi connectivity index (χ0n) is 14.4. The third-order valence-electron chi connectivity index (χ3n) is 4.47. The number of thiophene rings is 1. The van der Waals surface area contributed by atoms with Gasteiger partial charge in [0.15, 0.2) is 0 Å². The van der Waals surface area contributed by atoms with E-state index in [0.29, 0.717) is 36.9 Å². The summed E-state index contributed by atoms with van der Waals surface area (Å²) in [5.41, 5.74) is 1.74. The van der Waals surface area contributed by atoms with Gasteiger partial charge in [-0.2, -0.15) is 4.31 Å². The Hall–Kier alpha value is -1.65. The highest BCUT2D eigenvalue weighted by Gasteiger charge is 2.29. The maximum atomic E-state index is 13.1. The number of rotatable bonds is 5. The van der Waals surface area contributed by atoms with Gasteiger partial charge in [-0.05, 0) is 35.7 Å². The molecule has 0 amide bonds. The van der Waals surface area contributed by atoms with Crippen LogP contribution in [0.25, 0.3) is 11.3 Å². The topological polar surface area (TPSA) is 53.5 Å². The zero-order chi connectivity index (χ0) is 18.9. The van der Waals surface area contributed by atoms with E-state index in [1.54, 1.807) is 45.3 Å². The van der Waals surface area contributed by atoms with Crippen LogP contribution < -0.4 is 0 Å². The van der Waals surface area contributed by atoms with Gasteiger partial charge in [0.1, 0.15) is 15.0 Å². The number of hydrogen-bond donors (Lipinski definition) is 0. The smallest absolute Gasteiger partial charge is 0.252 e. The second kappa shape index (κ2) is 7.76. The van der Waals surface area contributed by atoms with Crippen molar-refractivity contribution in [2.24, 2.45) is 0 Å². The number of nitrogens with zero attached hydrogens (tertiary/aromatic N) is 3. The molecule has 142 valence electrons. The predicted molar refractivity (Wildman–Crippen MR) is 106 cm³/mol. The quantitative estimate of drug-likeness (QED) is 0.630. The minimum atomic E-state index is -3.37. The number of thiazole rings is 1. The van der Waals surface area contributed by atoms with E-state index in [1.807, 2.05) is 5.38 Å². The number of benzene rings is 1. The van der Waals surface area contributed by atoms with E-state index in [4.69, 9.17) is 0 Å². The van der Waals surface area contributed by atoms with Gasteiger partial charge in [0.05, 0.1) is 12.2 Å². The number of piperazine rings is 1. The van der Waals surface area contributed by atoms with E-state index in [0.717, 1.165) is 16.3 Å². The fraction of sp³-hybridized carbons (Fsp3) is 0.278. The summed E-state index contributed by atoms with van der Waals surface area (Å²) in [6.07, 6.45) is 0. The van der Waals surface area contributed by atoms with Crippen LogP contribution in [-0.2, 0) is 16.6 Å². The molecule has 3 heterocycles. The largest absolute Gasteiger partial charge is 0.294 e. The first-order valence-corrected chi connectivity index (χ1v) is 11.7. The van der Waals surface area contributed by atoms with Crippen molar-refractivity contribution in [3.05, 3.63) is 58.0 Å². The Bertz CT molecular complexity index is 993. The van der Waals surface area contributed by atoms with E-state index in [9.17, 15) is 12.8 Å². The Morgan fingerprint density at radius 2 is 1.78 bits per heavy atom. The lowest BCUT2D eigenvalue weighted by atomic mass is 10.2. The molecule has 0 N–H and O–H groups in total. The maximum Gasteiger partial charge on any atom is 0.252 e. The third-order valence-corrected chi connectivity index (χ3v) is 8.58. The molecule has 0 saturated carbocycles. The van der Waals surface area contributed by atoms with Crippen molar-refractivity contribution in [3.63, 3.8) is 0 Å². The molecule has 4 rings (SSSR count). The molecule has 1 aromatic carbocycles. The van der Waals surface area contributed by atoms with Gasteiger partial charge in [0.25, 0.3) is 10.0 Å². The SMILES string of the molecule is O=S(=O)(c1cccs1)N1CCN(Cc2nc(-c3ccc(F)cc3)cs2)CC1. The number of hydrogen-bond acceptors (Lipinski definition) is 6. The highest BCUT2D eigenvalue weighted by molar-refractivity contribution is 7.91. The average Bonchev–Trinajstić information content (AvgIpc) is 3.35. The summed E-state index contributed by atoms with van der Waals surface area (Å²) in [5.74, 6) is -0.260. The van der Waals surface area contributed by atoms with Crippen LogP contribution >= 0.6 is 22.7 Å². The average molecular weight is 424 g/mol. The Balaban J connectivity index is 1.37.